The van der Waals surface area contributed by atoms with Gasteiger partial charge in [0.1, 0.15) is 6.61 Å². The number of carbonyl (C=O) groups excluding carboxylic acids is 2. The number of hydrogen-bond acceptors (Lipinski definition) is 4. The Morgan fingerprint density at radius 2 is 1.47 bits per heavy atom. The third-order valence-corrected chi connectivity index (χ3v) is 6.43. The second kappa shape index (κ2) is 12.2. The van der Waals surface area contributed by atoms with Crippen molar-refractivity contribution in [1.29, 1.82) is 0 Å². The SMILES string of the molecule is CC(CCNC(=O)C(C)CCNC(=O)OCC1c2ccccc2-c2ccccc21)CCC(=O)O. The summed E-state index contributed by atoms with van der Waals surface area (Å²) in [5, 5.41) is 14.4. The Balaban J connectivity index is 1.36. The Labute approximate surface area is 200 Å². The van der Waals surface area contributed by atoms with Gasteiger partial charge < -0.3 is 20.5 Å². The molecule has 1 aliphatic carbocycles. The molecule has 7 nitrogen and oxygen atoms in total. The van der Waals surface area contributed by atoms with Gasteiger partial charge in [-0.15, -0.1) is 0 Å². The number of amides is 2. The van der Waals surface area contributed by atoms with Gasteiger partial charge >= 0.3 is 12.1 Å². The van der Waals surface area contributed by atoms with E-state index in [1.165, 1.54) is 22.3 Å². The van der Waals surface area contributed by atoms with Gasteiger partial charge in [-0.3, -0.25) is 9.59 Å². The molecule has 3 N–H and O–H groups in total. The number of benzene rings is 2. The topological polar surface area (TPSA) is 105 Å². The maximum Gasteiger partial charge on any atom is 0.407 e. The summed E-state index contributed by atoms with van der Waals surface area (Å²) >= 11 is 0. The van der Waals surface area contributed by atoms with E-state index in [1.807, 2.05) is 38.1 Å². The Bertz CT molecular complexity index is 961. The van der Waals surface area contributed by atoms with Gasteiger partial charge in [-0.1, -0.05) is 62.4 Å². The molecule has 0 spiro atoms. The largest absolute Gasteiger partial charge is 0.481 e. The lowest BCUT2D eigenvalue weighted by molar-refractivity contribution is -0.137. The number of ether oxygens (including phenoxy) is 1. The molecule has 0 radical (unpaired) electrons. The fourth-order valence-electron chi connectivity index (χ4n) is 4.30. The fraction of sp³-hybridized carbons (Fsp3) is 0.444. The van der Waals surface area contributed by atoms with Crippen molar-refractivity contribution in [3.8, 4) is 11.1 Å². The van der Waals surface area contributed by atoms with E-state index in [0.29, 0.717) is 25.9 Å². The van der Waals surface area contributed by atoms with Gasteiger partial charge in [-0.2, -0.15) is 0 Å². The summed E-state index contributed by atoms with van der Waals surface area (Å²) < 4.78 is 5.52. The number of fused-ring (bicyclic) bond motifs is 3. The Morgan fingerprint density at radius 3 is 2.09 bits per heavy atom. The van der Waals surface area contributed by atoms with Crippen LogP contribution in [0.2, 0.25) is 0 Å². The van der Waals surface area contributed by atoms with Crippen LogP contribution in [0.4, 0.5) is 4.79 Å². The molecule has 1 aliphatic rings. The van der Waals surface area contributed by atoms with Gasteiger partial charge in [0.2, 0.25) is 5.91 Å². The lowest BCUT2D eigenvalue weighted by atomic mass is 9.98. The molecular weight excluding hydrogens is 432 g/mol. The zero-order valence-electron chi connectivity index (χ0n) is 19.9. The first-order valence-corrected chi connectivity index (χ1v) is 11.9. The summed E-state index contributed by atoms with van der Waals surface area (Å²) in [6.07, 6.45) is 1.51. The average Bonchev–Trinajstić information content (AvgIpc) is 3.15. The van der Waals surface area contributed by atoms with E-state index in [4.69, 9.17) is 9.84 Å². The Kier molecular flexibility index (Phi) is 9.08. The summed E-state index contributed by atoms with van der Waals surface area (Å²) in [7, 11) is 0. The maximum absolute atomic E-state index is 12.3. The highest BCUT2D eigenvalue weighted by Crippen LogP contribution is 2.44. The van der Waals surface area contributed by atoms with E-state index < -0.39 is 12.1 Å². The first-order chi connectivity index (χ1) is 16.4. The highest BCUT2D eigenvalue weighted by Gasteiger charge is 2.29. The molecule has 0 fully saturated rings. The summed E-state index contributed by atoms with van der Waals surface area (Å²) in [6, 6.07) is 16.4. The predicted molar refractivity (Wildman–Crippen MR) is 131 cm³/mol. The number of rotatable bonds is 12. The van der Waals surface area contributed by atoms with Crippen LogP contribution in [0.5, 0.6) is 0 Å². The minimum Gasteiger partial charge on any atom is -0.481 e. The quantitative estimate of drug-likeness (QED) is 0.425. The molecule has 7 heteroatoms. The standard InChI is InChI=1S/C27H34N2O5/c1-18(11-12-25(30)31)13-15-28-26(32)19(2)14-16-29-27(33)34-17-24-22-9-5-3-7-20(22)21-8-4-6-10-23(21)24/h3-10,18-19,24H,11-17H2,1-2H3,(H,28,32)(H,29,33)(H,30,31). The van der Waals surface area contributed by atoms with Crippen molar-refractivity contribution in [2.75, 3.05) is 19.7 Å². The Morgan fingerprint density at radius 1 is 0.882 bits per heavy atom. The molecule has 34 heavy (non-hydrogen) atoms. The van der Waals surface area contributed by atoms with E-state index in [2.05, 4.69) is 34.9 Å². The van der Waals surface area contributed by atoms with E-state index >= 15 is 0 Å². The van der Waals surface area contributed by atoms with Crippen molar-refractivity contribution in [2.45, 2.75) is 45.4 Å². The van der Waals surface area contributed by atoms with Crippen molar-refractivity contribution in [3.63, 3.8) is 0 Å². The predicted octanol–water partition coefficient (Wildman–Crippen LogP) is 4.56. The van der Waals surface area contributed by atoms with Gasteiger partial charge in [0.25, 0.3) is 0 Å². The van der Waals surface area contributed by atoms with E-state index in [-0.39, 0.29) is 36.7 Å². The zero-order chi connectivity index (χ0) is 24.5. The van der Waals surface area contributed by atoms with Crippen molar-refractivity contribution < 1.29 is 24.2 Å². The summed E-state index contributed by atoms with van der Waals surface area (Å²) in [5.74, 6) is -0.862. The molecule has 0 saturated heterocycles. The Hall–Kier alpha value is -3.35. The smallest absolute Gasteiger partial charge is 0.407 e. The first kappa shape index (κ1) is 25.3. The summed E-state index contributed by atoms with van der Waals surface area (Å²) in [5.41, 5.74) is 4.70. The molecule has 0 aliphatic heterocycles. The highest BCUT2D eigenvalue weighted by atomic mass is 16.5. The molecule has 0 aromatic heterocycles. The van der Waals surface area contributed by atoms with Crippen LogP contribution >= 0.6 is 0 Å². The van der Waals surface area contributed by atoms with Crippen LogP contribution in [0.15, 0.2) is 48.5 Å². The monoisotopic (exact) mass is 466 g/mol. The minimum absolute atomic E-state index is 0.0146. The lowest BCUT2D eigenvalue weighted by Crippen LogP contribution is -2.34. The maximum atomic E-state index is 12.3. The number of carbonyl (C=O) groups is 3. The van der Waals surface area contributed by atoms with Crippen LogP contribution < -0.4 is 10.6 Å². The number of carboxylic acid groups (broad SMARTS) is 1. The molecular formula is C27H34N2O5. The van der Waals surface area contributed by atoms with Crippen molar-refractivity contribution in [3.05, 3.63) is 59.7 Å². The summed E-state index contributed by atoms with van der Waals surface area (Å²) in [6.45, 7) is 4.93. The van der Waals surface area contributed by atoms with Gasteiger partial charge in [-0.05, 0) is 47.4 Å². The van der Waals surface area contributed by atoms with Gasteiger partial charge in [0.05, 0.1) is 0 Å². The third-order valence-electron chi connectivity index (χ3n) is 6.43. The van der Waals surface area contributed by atoms with Crippen LogP contribution in [0.25, 0.3) is 11.1 Å². The lowest BCUT2D eigenvalue weighted by Gasteiger charge is -2.16. The first-order valence-electron chi connectivity index (χ1n) is 11.9. The second-order valence-electron chi connectivity index (χ2n) is 9.06. The second-order valence-corrected chi connectivity index (χ2v) is 9.06. The molecule has 3 rings (SSSR count). The number of nitrogens with one attached hydrogen (secondary N) is 2. The molecule has 2 aromatic rings. The van der Waals surface area contributed by atoms with Crippen molar-refractivity contribution in [2.24, 2.45) is 11.8 Å². The van der Waals surface area contributed by atoms with Crippen LogP contribution in [0.1, 0.15) is 56.6 Å². The molecule has 2 aromatic carbocycles. The van der Waals surface area contributed by atoms with E-state index in [9.17, 15) is 14.4 Å². The molecule has 0 bridgehead atoms. The fourth-order valence-corrected chi connectivity index (χ4v) is 4.30. The van der Waals surface area contributed by atoms with E-state index in [0.717, 1.165) is 6.42 Å². The van der Waals surface area contributed by atoms with Gasteiger partial charge in [0.15, 0.2) is 0 Å². The molecule has 182 valence electrons. The molecule has 2 unspecified atom stereocenters. The number of alkyl carbamates (subject to hydrolysis) is 1. The average molecular weight is 467 g/mol. The molecule has 0 heterocycles. The number of hydrogen-bond donors (Lipinski definition) is 3. The minimum atomic E-state index is -0.798. The van der Waals surface area contributed by atoms with E-state index in [1.54, 1.807) is 0 Å². The zero-order valence-corrected chi connectivity index (χ0v) is 19.9. The molecule has 0 saturated carbocycles. The van der Waals surface area contributed by atoms with Gasteiger partial charge in [0, 0.05) is 31.3 Å². The number of carboxylic acids is 1. The van der Waals surface area contributed by atoms with Crippen molar-refractivity contribution >= 4 is 18.0 Å². The van der Waals surface area contributed by atoms with Crippen molar-refractivity contribution in [1.82, 2.24) is 10.6 Å². The summed E-state index contributed by atoms with van der Waals surface area (Å²) in [4.78, 5) is 35.1. The highest BCUT2D eigenvalue weighted by molar-refractivity contribution is 5.79. The third kappa shape index (κ3) is 6.83. The van der Waals surface area contributed by atoms with Crippen LogP contribution in [-0.2, 0) is 14.3 Å². The molecule has 2 amide bonds. The van der Waals surface area contributed by atoms with Gasteiger partial charge in [-0.25, -0.2) is 4.79 Å². The number of aliphatic carboxylic acids is 1. The van der Waals surface area contributed by atoms with Crippen LogP contribution in [0, 0.1) is 11.8 Å². The molecule has 2 atom stereocenters. The normalized spacial score (nSPS) is 13.9. The van der Waals surface area contributed by atoms with Crippen LogP contribution in [-0.4, -0.2) is 42.8 Å². The van der Waals surface area contributed by atoms with Crippen LogP contribution in [0.3, 0.4) is 0 Å².